The number of benzene rings is 1. The molecule has 0 spiro atoms. The van der Waals surface area contributed by atoms with Gasteiger partial charge in [0.15, 0.2) is 0 Å². The van der Waals surface area contributed by atoms with Crippen molar-refractivity contribution in [1.82, 2.24) is 0 Å². The van der Waals surface area contributed by atoms with Crippen LogP contribution in [0.5, 0.6) is 0 Å². The third kappa shape index (κ3) is 2.82. The molecule has 1 rings (SSSR count). The van der Waals surface area contributed by atoms with E-state index < -0.39 is 13.3 Å². The minimum Gasteiger partial charge on any atom is -0.324 e. The molecule has 0 bridgehead atoms. The quantitative estimate of drug-likeness (QED) is 0.606. The highest BCUT2D eigenvalue weighted by molar-refractivity contribution is 7.52. The van der Waals surface area contributed by atoms with Crippen LogP contribution < -0.4 is 0 Å². The van der Waals surface area contributed by atoms with Crippen LogP contribution in [0.4, 0.5) is 0 Å². The first-order chi connectivity index (χ1) is 6.05. The largest absolute Gasteiger partial charge is 0.334 e. The summed E-state index contributed by atoms with van der Waals surface area (Å²) in [6.45, 7) is 0. The molecule has 0 saturated carbocycles. The molecular formula is C8H10ClO3P. The van der Waals surface area contributed by atoms with Crippen molar-refractivity contribution in [3.63, 3.8) is 0 Å². The summed E-state index contributed by atoms with van der Waals surface area (Å²) in [6, 6.07) is 8.56. The second-order valence-corrected chi connectivity index (χ2v) is 4.78. The zero-order valence-electron chi connectivity index (χ0n) is 6.80. The van der Waals surface area contributed by atoms with E-state index in [4.69, 9.17) is 21.4 Å². The number of alkyl halides is 1. The van der Waals surface area contributed by atoms with E-state index in [9.17, 15) is 4.57 Å². The van der Waals surface area contributed by atoms with Gasteiger partial charge in [0.1, 0.15) is 0 Å². The molecule has 0 fully saturated rings. The smallest absolute Gasteiger partial charge is 0.324 e. The topological polar surface area (TPSA) is 57.5 Å². The molecule has 13 heavy (non-hydrogen) atoms. The Balaban J connectivity index is 2.99. The van der Waals surface area contributed by atoms with Gasteiger partial charge < -0.3 is 9.79 Å². The molecule has 1 unspecified atom stereocenters. The average molecular weight is 221 g/mol. The van der Waals surface area contributed by atoms with Crippen LogP contribution in [-0.4, -0.2) is 15.7 Å². The molecule has 2 N–H and O–H groups in total. The van der Waals surface area contributed by atoms with Gasteiger partial charge >= 0.3 is 7.60 Å². The monoisotopic (exact) mass is 220 g/mol. The lowest BCUT2D eigenvalue weighted by atomic mass is 10.2. The Kier molecular flexibility index (Phi) is 3.51. The van der Waals surface area contributed by atoms with Gasteiger partial charge in [-0.1, -0.05) is 30.3 Å². The molecule has 0 aliphatic rings. The van der Waals surface area contributed by atoms with Crippen LogP contribution in [0.25, 0.3) is 0 Å². The van der Waals surface area contributed by atoms with Gasteiger partial charge in [0.2, 0.25) is 0 Å². The zero-order chi connectivity index (χ0) is 9.90. The molecule has 1 aromatic rings. The van der Waals surface area contributed by atoms with Crippen molar-refractivity contribution in [1.29, 1.82) is 0 Å². The first kappa shape index (κ1) is 10.7. The minimum atomic E-state index is -4.13. The van der Waals surface area contributed by atoms with Crippen LogP contribution in [0.15, 0.2) is 30.3 Å². The normalized spacial score (nSPS) is 14.1. The van der Waals surface area contributed by atoms with Gasteiger partial charge in [0, 0.05) is 5.88 Å². The van der Waals surface area contributed by atoms with Crippen molar-refractivity contribution in [2.24, 2.45) is 0 Å². The number of halogens is 1. The van der Waals surface area contributed by atoms with E-state index in [1.807, 2.05) is 0 Å². The van der Waals surface area contributed by atoms with Gasteiger partial charge in [-0.05, 0) is 5.56 Å². The van der Waals surface area contributed by atoms with Crippen LogP contribution in [0.2, 0.25) is 0 Å². The Morgan fingerprint density at radius 1 is 1.31 bits per heavy atom. The van der Waals surface area contributed by atoms with Crippen molar-refractivity contribution >= 4 is 19.2 Å². The summed E-state index contributed by atoms with van der Waals surface area (Å²) >= 11 is 5.49. The molecule has 1 atom stereocenters. The van der Waals surface area contributed by atoms with E-state index in [2.05, 4.69) is 0 Å². The Morgan fingerprint density at radius 3 is 2.23 bits per heavy atom. The lowest BCUT2D eigenvalue weighted by Gasteiger charge is -2.15. The maximum Gasteiger partial charge on any atom is 0.334 e. The Labute approximate surface area is 81.5 Å². The van der Waals surface area contributed by atoms with Gasteiger partial charge in [-0.25, -0.2) is 0 Å². The minimum absolute atomic E-state index is 0.0751. The van der Waals surface area contributed by atoms with E-state index >= 15 is 0 Å². The molecule has 0 aliphatic carbocycles. The second kappa shape index (κ2) is 4.25. The maximum absolute atomic E-state index is 11.0. The van der Waals surface area contributed by atoms with E-state index in [0.717, 1.165) is 0 Å². The van der Waals surface area contributed by atoms with Crippen molar-refractivity contribution in [3.05, 3.63) is 35.9 Å². The molecule has 1 aromatic carbocycles. The number of hydrogen-bond acceptors (Lipinski definition) is 1. The summed E-state index contributed by atoms with van der Waals surface area (Å²) in [5.41, 5.74) is -0.318. The van der Waals surface area contributed by atoms with Crippen molar-refractivity contribution in [3.8, 4) is 0 Å². The van der Waals surface area contributed by atoms with E-state index in [-0.39, 0.29) is 5.88 Å². The molecule has 0 radical (unpaired) electrons. The van der Waals surface area contributed by atoms with Crippen molar-refractivity contribution in [2.75, 3.05) is 5.88 Å². The van der Waals surface area contributed by atoms with Crippen LogP contribution >= 0.6 is 19.2 Å². The molecule has 0 amide bonds. The molecule has 72 valence electrons. The summed E-state index contributed by atoms with van der Waals surface area (Å²) in [4.78, 5) is 17.9. The SMILES string of the molecule is O=P(O)(O)C(CCl)c1ccccc1. The lowest BCUT2D eigenvalue weighted by molar-refractivity contribution is 0.362. The molecule has 0 saturated heterocycles. The van der Waals surface area contributed by atoms with Gasteiger partial charge in [-0.15, -0.1) is 11.6 Å². The molecule has 0 aromatic heterocycles. The molecule has 0 heterocycles. The Hall–Kier alpha value is -0.340. The fraction of sp³-hybridized carbons (Fsp3) is 0.250. The summed E-state index contributed by atoms with van der Waals surface area (Å²) in [5.74, 6) is -0.0751. The van der Waals surface area contributed by atoms with Gasteiger partial charge in [-0.2, -0.15) is 0 Å². The van der Waals surface area contributed by atoms with Crippen LogP contribution in [0.1, 0.15) is 11.2 Å². The molecular weight excluding hydrogens is 211 g/mol. The highest BCUT2D eigenvalue weighted by atomic mass is 35.5. The number of rotatable bonds is 3. The molecule has 5 heteroatoms. The number of hydrogen-bond donors (Lipinski definition) is 2. The Bertz CT molecular complexity index is 308. The maximum atomic E-state index is 11.0. The standard InChI is InChI=1S/C8H10ClO3P/c9-6-8(13(10,11)12)7-4-2-1-3-5-7/h1-5,8H,6H2,(H2,10,11,12). The lowest BCUT2D eigenvalue weighted by Crippen LogP contribution is -2.00. The average Bonchev–Trinajstić information content (AvgIpc) is 2.05. The van der Waals surface area contributed by atoms with Crippen LogP contribution in [-0.2, 0) is 4.57 Å². The van der Waals surface area contributed by atoms with Crippen molar-refractivity contribution < 1.29 is 14.4 Å². The third-order valence-electron chi connectivity index (χ3n) is 1.74. The fourth-order valence-electron chi connectivity index (χ4n) is 1.05. The van der Waals surface area contributed by atoms with E-state index in [1.54, 1.807) is 30.3 Å². The summed E-state index contributed by atoms with van der Waals surface area (Å²) in [5, 5.41) is 0. The van der Waals surface area contributed by atoms with Gasteiger partial charge in [0.05, 0.1) is 5.66 Å². The first-order valence-corrected chi connectivity index (χ1v) is 5.93. The highest BCUT2D eigenvalue weighted by Gasteiger charge is 2.29. The third-order valence-corrected chi connectivity index (χ3v) is 3.55. The predicted molar refractivity (Wildman–Crippen MR) is 51.9 cm³/mol. The summed E-state index contributed by atoms with van der Waals surface area (Å²) in [6.07, 6.45) is 0. The summed E-state index contributed by atoms with van der Waals surface area (Å²) < 4.78 is 11.0. The van der Waals surface area contributed by atoms with Gasteiger partial charge in [0.25, 0.3) is 0 Å². The van der Waals surface area contributed by atoms with Gasteiger partial charge in [-0.3, -0.25) is 4.57 Å². The second-order valence-electron chi connectivity index (χ2n) is 2.67. The first-order valence-electron chi connectivity index (χ1n) is 3.72. The van der Waals surface area contributed by atoms with E-state index in [1.165, 1.54) is 0 Å². The zero-order valence-corrected chi connectivity index (χ0v) is 8.45. The van der Waals surface area contributed by atoms with Crippen molar-refractivity contribution in [2.45, 2.75) is 5.66 Å². The van der Waals surface area contributed by atoms with Crippen LogP contribution in [0, 0.1) is 0 Å². The summed E-state index contributed by atoms with van der Waals surface area (Å²) in [7, 11) is -4.13. The molecule has 0 aliphatic heterocycles. The fourth-order valence-corrected chi connectivity index (χ4v) is 2.51. The predicted octanol–water partition coefficient (Wildman–Crippen LogP) is 2.14. The highest BCUT2D eigenvalue weighted by Crippen LogP contribution is 2.52. The van der Waals surface area contributed by atoms with Crippen LogP contribution in [0.3, 0.4) is 0 Å². The van der Waals surface area contributed by atoms with E-state index in [0.29, 0.717) is 5.56 Å². The molecule has 3 nitrogen and oxygen atoms in total. The Morgan fingerprint density at radius 2 is 1.85 bits per heavy atom.